The summed E-state index contributed by atoms with van der Waals surface area (Å²) >= 11 is 0. The third-order valence-electron chi connectivity index (χ3n) is 0.935. The van der Waals surface area contributed by atoms with Crippen LogP contribution in [-0.4, -0.2) is 12.5 Å². The second-order valence-electron chi connectivity index (χ2n) is 1.68. The Balaban J connectivity index is 2.50. The van der Waals surface area contributed by atoms with Crippen molar-refractivity contribution in [1.29, 1.82) is 0 Å². The maximum absolute atomic E-state index is 5.05. The van der Waals surface area contributed by atoms with Gasteiger partial charge >= 0.3 is 7.48 Å². The van der Waals surface area contributed by atoms with Crippen molar-refractivity contribution in [3.63, 3.8) is 0 Å². The van der Waals surface area contributed by atoms with Crippen LogP contribution in [0.4, 0.5) is 0 Å². The lowest BCUT2D eigenvalue weighted by molar-refractivity contribution is 0.600. The summed E-state index contributed by atoms with van der Waals surface area (Å²) in [6, 6.07) is 3.64. The lowest BCUT2D eigenvalue weighted by Gasteiger charge is -1.98. The molecule has 0 amide bonds. The molecular formula is C7H7BNO. The summed E-state index contributed by atoms with van der Waals surface area (Å²) in [5.41, 5.74) is 0. The first-order valence-corrected chi connectivity index (χ1v) is 2.94. The molecule has 0 saturated heterocycles. The lowest BCUT2D eigenvalue weighted by atomic mass is 10.0. The normalized spacial score (nSPS) is 8.40. The van der Waals surface area contributed by atoms with Crippen molar-refractivity contribution in [3.05, 3.63) is 37.1 Å². The van der Waals surface area contributed by atoms with Gasteiger partial charge in [0.05, 0.1) is 6.20 Å². The van der Waals surface area contributed by atoms with E-state index in [1.807, 2.05) is 12.1 Å². The Kier molecular flexibility index (Phi) is 2.55. The Morgan fingerprint density at radius 2 is 2.60 bits per heavy atom. The van der Waals surface area contributed by atoms with Gasteiger partial charge in [0, 0.05) is 6.20 Å². The molecule has 0 aliphatic carbocycles. The highest BCUT2D eigenvalue weighted by atomic mass is 16.4. The van der Waals surface area contributed by atoms with E-state index in [1.54, 1.807) is 18.4 Å². The van der Waals surface area contributed by atoms with Crippen molar-refractivity contribution in [3.8, 4) is 5.75 Å². The molecule has 2 nitrogen and oxygen atoms in total. The van der Waals surface area contributed by atoms with Crippen LogP contribution < -0.4 is 4.65 Å². The first kappa shape index (κ1) is 6.87. The zero-order chi connectivity index (χ0) is 7.23. The largest absolute Gasteiger partial charge is 0.557 e. The molecule has 1 aromatic rings. The van der Waals surface area contributed by atoms with Gasteiger partial charge in [-0.3, -0.25) is 4.98 Å². The minimum absolute atomic E-state index is 0.724. The van der Waals surface area contributed by atoms with Crippen molar-refractivity contribution in [2.24, 2.45) is 0 Å². The maximum atomic E-state index is 5.05. The van der Waals surface area contributed by atoms with Gasteiger partial charge in [-0.05, 0) is 12.1 Å². The van der Waals surface area contributed by atoms with E-state index in [9.17, 15) is 0 Å². The summed E-state index contributed by atoms with van der Waals surface area (Å²) in [6.45, 7) is 3.47. The van der Waals surface area contributed by atoms with Crippen molar-refractivity contribution >= 4 is 7.48 Å². The Hall–Kier alpha value is -1.25. The van der Waals surface area contributed by atoms with E-state index < -0.39 is 0 Å². The van der Waals surface area contributed by atoms with E-state index in [0.717, 1.165) is 5.75 Å². The summed E-state index contributed by atoms with van der Waals surface area (Å²) in [6.07, 6.45) is 3.33. The lowest BCUT2D eigenvalue weighted by Crippen LogP contribution is -1.97. The highest BCUT2D eigenvalue weighted by Crippen LogP contribution is 2.04. The topological polar surface area (TPSA) is 22.1 Å². The molecule has 0 unspecified atom stereocenters. The maximum Gasteiger partial charge on any atom is 0.400 e. The van der Waals surface area contributed by atoms with Crippen LogP contribution in [0, 0.1) is 0 Å². The molecule has 0 aliphatic rings. The highest BCUT2D eigenvalue weighted by molar-refractivity contribution is 6.35. The summed E-state index contributed by atoms with van der Waals surface area (Å²) in [5, 5.41) is 0. The van der Waals surface area contributed by atoms with E-state index in [4.69, 9.17) is 4.65 Å². The van der Waals surface area contributed by atoms with Gasteiger partial charge in [0.1, 0.15) is 5.75 Å². The van der Waals surface area contributed by atoms with Gasteiger partial charge in [-0.2, -0.15) is 0 Å². The van der Waals surface area contributed by atoms with E-state index in [1.165, 1.54) is 7.48 Å². The zero-order valence-corrected chi connectivity index (χ0v) is 5.53. The van der Waals surface area contributed by atoms with E-state index >= 15 is 0 Å². The first-order valence-electron chi connectivity index (χ1n) is 2.94. The van der Waals surface area contributed by atoms with Crippen LogP contribution in [0.5, 0.6) is 5.75 Å². The van der Waals surface area contributed by atoms with Gasteiger partial charge in [0.2, 0.25) is 0 Å². The quantitative estimate of drug-likeness (QED) is 0.576. The molecule has 1 heterocycles. The van der Waals surface area contributed by atoms with Gasteiger partial charge in [-0.15, -0.1) is 6.58 Å². The fraction of sp³-hybridized carbons (Fsp3) is 0. The first-order chi connectivity index (χ1) is 4.93. The molecule has 0 aromatic carbocycles. The summed E-state index contributed by atoms with van der Waals surface area (Å²) < 4.78 is 5.05. The van der Waals surface area contributed by atoms with Crippen LogP contribution in [0.15, 0.2) is 37.1 Å². The summed E-state index contributed by atoms with van der Waals surface area (Å²) in [5.74, 6) is 2.30. The second kappa shape index (κ2) is 3.72. The molecule has 0 N–H and O–H groups in total. The van der Waals surface area contributed by atoms with E-state index in [2.05, 4.69) is 11.6 Å². The number of rotatable bonds is 3. The number of hydrogen-bond donors (Lipinski definition) is 0. The van der Waals surface area contributed by atoms with Crippen LogP contribution in [0.3, 0.4) is 0 Å². The molecule has 0 aliphatic heterocycles. The minimum atomic E-state index is 0.724. The second-order valence-corrected chi connectivity index (χ2v) is 1.68. The summed E-state index contributed by atoms with van der Waals surface area (Å²) in [4.78, 5) is 3.86. The predicted molar refractivity (Wildman–Crippen MR) is 40.8 cm³/mol. The van der Waals surface area contributed by atoms with E-state index in [-0.39, 0.29) is 0 Å². The fourth-order valence-corrected chi connectivity index (χ4v) is 0.543. The van der Waals surface area contributed by atoms with E-state index in [0.29, 0.717) is 0 Å². The predicted octanol–water partition coefficient (Wildman–Crippen LogP) is 1.22. The molecule has 3 heteroatoms. The number of nitrogens with zero attached hydrogens (tertiary/aromatic N) is 1. The molecule has 1 rings (SSSR count). The molecule has 0 bridgehead atoms. The smallest absolute Gasteiger partial charge is 0.400 e. The Labute approximate surface area is 60.8 Å². The molecule has 10 heavy (non-hydrogen) atoms. The summed E-state index contributed by atoms with van der Waals surface area (Å²) in [7, 11) is 1.51. The Morgan fingerprint density at radius 3 is 3.20 bits per heavy atom. The molecule has 0 fully saturated rings. The zero-order valence-electron chi connectivity index (χ0n) is 5.53. The van der Waals surface area contributed by atoms with Crippen molar-refractivity contribution in [1.82, 2.24) is 4.98 Å². The van der Waals surface area contributed by atoms with Crippen molar-refractivity contribution < 1.29 is 4.65 Å². The molecule has 0 spiro atoms. The highest BCUT2D eigenvalue weighted by Gasteiger charge is 1.88. The monoisotopic (exact) mass is 132 g/mol. The Bertz CT molecular complexity index is 200. The number of pyridine rings is 1. The molecular weight excluding hydrogens is 125 g/mol. The van der Waals surface area contributed by atoms with Crippen LogP contribution in [0.2, 0.25) is 0 Å². The van der Waals surface area contributed by atoms with Gasteiger partial charge < -0.3 is 4.65 Å². The fourth-order valence-electron chi connectivity index (χ4n) is 0.543. The molecule has 49 valence electrons. The average molecular weight is 132 g/mol. The van der Waals surface area contributed by atoms with Crippen molar-refractivity contribution in [2.45, 2.75) is 0 Å². The molecule has 0 atom stereocenters. The Morgan fingerprint density at radius 1 is 1.70 bits per heavy atom. The van der Waals surface area contributed by atoms with Gasteiger partial charge in [0.25, 0.3) is 0 Å². The van der Waals surface area contributed by atoms with Gasteiger partial charge in [0.15, 0.2) is 0 Å². The minimum Gasteiger partial charge on any atom is -0.557 e. The molecule has 1 aromatic heterocycles. The van der Waals surface area contributed by atoms with Gasteiger partial charge in [-0.1, -0.05) is 5.98 Å². The van der Waals surface area contributed by atoms with Crippen LogP contribution in [0.25, 0.3) is 0 Å². The van der Waals surface area contributed by atoms with Gasteiger partial charge in [-0.25, -0.2) is 0 Å². The van der Waals surface area contributed by atoms with Crippen LogP contribution in [0.1, 0.15) is 0 Å². The SMILES string of the molecule is C=C[B]Oc1cccnc1. The standard InChI is InChI=1S/C7H7BNO/c1-2-8-10-7-4-3-5-9-6-7/h2-6H,1H2. The van der Waals surface area contributed by atoms with Crippen molar-refractivity contribution in [2.75, 3.05) is 0 Å². The number of hydrogen-bond acceptors (Lipinski definition) is 2. The van der Waals surface area contributed by atoms with Crippen LogP contribution >= 0.6 is 0 Å². The third kappa shape index (κ3) is 1.93. The third-order valence-corrected chi connectivity index (χ3v) is 0.935. The molecule has 1 radical (unpaired) electrons. The molecule has 0 saturated carbocycles. The average Bonchev–Trinajstić information content (AvgIpc) is 2.03. The van der Waals surface area contributed by atoms with Crippen LogP contribution in [-0.2, 0) is 0 Å². The number of aromatic nitrogens is 1.